The molecule has 1 heterocycles. The minimum atomic E-state index is -1.07. The lowest BCUT2D eigenvalue weighted by atomic mass is 9.98. The summed E-state index contributed by atoms with van der Waals surface area (Å²) in [5, 5.41) is 9.18. The molecule has 1 aromatic heterocycles. The highest BCUT2D eigenvalue weighted by atomic mass is 19.1. The van der Waals surface area contributed by atoms with Gasteiger partial charge in [0.25, 0.3) is 0 Å². The molecule has 0 bridgehead atoms. The van der Waals surface area contributed by atoms with Crippen LogP contribution >= 0.6 is 0 Å². The number of aliphatic carboxylic acids is 1. The standard InChI is InChI=1S/C13H11FN2O2/c14-11-5-2-1-4-9(11)8-10(13(17)18)12-15-6-3-7-16-12/h1-7,10H,8H2,(H,17,18). The first-order chi connectivity index (χ1) is 8.68. The van der Waals surface area contributed by atoms with Crippen LogP contribution in [0.4, 0.5) is 4.39 Å². The topological polar surface area (TPSA) is 63.1 Å². The van der Waals surface area contributed by atoms with Crippen molar-refractivity contribution in [2.45, 2.75) is 12.3 Å². The number of hydrogen-bond donors (Lipinski definition) is 1. The molecular weight excluding hydrogens is 235 g/mol. The minimum Gasteiger partial charge on any atom is -0.481 e. The van der Waals surface area contributed by atoms with Gasteiger partial charge in [-0.3, -0.25) is 4.79 Å². The number of hydrogen-bond acceptors (Lipinski definition) is 3. The molecule has 0 radical (unpaired) electrons. The maximum Gasteiger partial charge on any atom is 0.314 e. The van der Waals surface area contributed by atoms with Gasteiger partial charge < -0.3 is 5.11 Å². The van der Waals surface area contributed by atoms with Crippen molar-refractivity contribution in [3.63, 3.8) is 0 Å². The van der Waals surface area contributed by atoms with Crippen molar-refractivity contribution >= 4 is 5.97 Å². The van der Waals surface area contributed by atoms with Crippen LogP contribution in [-0.2, 0) is 11.2 Å². The Morgan fingerprint density at radius 3 is 2.50 bits per heavy atom. The summed E-state index contributed by atoms with van der Waals surface area (Å²) in [6.07, 6.45) is 2.98. The van der Waals surface area contributed by atoms with E-state index < -0.39 is 17.7 Å². The monoisotopic (exact) mass is 246 g/mol. The van der Waals surface area contributed by atoms with Gasteiger partial charge in [-0.15, -0.1) is 0 Å². The van der Waals surface area contributed by atoms with E-state index in [0.717, 1.165) is 0 Å². The Bertz CT molecular complexity index is 546. The van der Waals surface area contributed by atoms with Crippen molar-refractivity contribution in [1.82, 2.24) is 9.97 Å². The average Bonchev–Trinajstić information content (AvgIpc) is 2.38. The Hall–Kier alpha value is -2.30. The number of aromatic nitrogens is 2. The largest absolute Gasteiger partial charge is 0.481 e. The third-order valence-electron chi connectivity index (χ3n) is 2.58. The van der Waals surface area contributed by atoms with E-state index in [4.69, 9.17) is 0 Å². The van der Waals surface area contributed by atoms with Crippen LogP contribution in [0.25, 0.3) is 0 Å². The Morgan fingerprint density at radius 1 is 1.22 bits per heavy atom. The summed E-state index contributed by atoms with van der Waals surface area (Å²) >= 11 is 0. The molecule has 2 aromatic rings. The Balaban J connectivity index is 2.28. The number of benzene rings is 1. The first-order valence-corrected chi connectivity index (χ1v) is 5.41. The summed E-state index contributed by atoms with van der Waals surface area (Å²) in [7, 11) is 0. The zero-order valence-electron chi connectivity index (χ0n) is 9.45. The quantitative estimate of drug-likeness (QED) is 0.896. The van der Waals surface area contributed by atoms with E-state index in [1.165, 1.54) is 18.5 Å². The van der Waals surface area contributed by atoms with Gasteiger partial charge in [-0.1, -0.05) is 18.2 Å². The fourth-order valence-corrected chi connectivity index (χ4v) is 1.66. The molecule has 0 aliphatic rings. The van der Waals surface area contributed by atoms with Gasteiger partial charge >= 0.3 is 5.97 Å². The lowest BCUT2D eigenvalue weighted by molar-refractivity contribution is -0.139. The summed E-state index contributed by atoms with van der Waals surface area (Å²) < 4.78 is 13.5. The van der Waals surface area contributed by atoms with Crippen molar-refractivity contribution in [3.8, 4) is 0 Å². The van der Waals surface area contributed by atoms with Gasteiger partial charge in [-0.25, -0.2) is 14.4 Å². The van der Waals surface area contributed by atoms with E-state index in [9.17, 15) is 14.3 Å². The SMILES string of the molecule is O=C(O)C(Cc1ccccc1F)c1ncccn1. The lowest BCUT2D eigenvalue weighted by Gasteiger charge is -2.11. The van der Waals surface area contributed by atoms with E-state index in [2.05, 4.69) is 9.97 Å². The molecule has 18 heavy (non-hydrogen) atoms. The smallest absolute Gasteiger partial charge is 0.314 e. The molecule has 0 aliphatic carbocycles. The molecule has 0 amide bonds. The van der Waals surface area contributed by atoms with Gasteiger partial charge in [0.15, 0.2) is 0 Å². The minimum absolute atomic E-state index is 0.0337. The summed E-state index contributed by atoms with van der Waals surface area (Å²) in [6.45, 7) is 0. The van der Waals surface area contributed by atoms with Crippen molar-refractivity contribution in [1.29, 1.82) is 0 Å². The second kappa shape index (κ2) is 5.35. The number of carboxylic acid groups (broad SMARTS) is 1. The maximum absolute atomic E-state index is 13.5. The number of carbonyl (C=O) groups is 1. The summed E-state index contributed by atoms with van der Waals surface area (Å²) in [5.41, 5.74) is 0.345. The van der Waals surface area contributed by atoms with Gasteiger partial charge in [-0.05, 0) is 24.1 Å². The van der Waals surface area contributed by atoms with Gasteiger partial charge in [0.1, 0.15) is 17.6 Å². The van der Waals surface area contributed by atoms with Gasteiger partial charge in [0.05, 0.1) is 0 Å². The van der Waals surface area contributed by atoms with E-state index in [1.54, 1.807) is 24.3 Å². The maximum atomic E-state index is 13.5. The van der Waals surface area contributed by atoms with Crippen LogP contribution in [0.2, 0.25) is 0 Å². The van der Waals surface area contributed by atoms with Crippen molar-refractivity contribution in [2.75, 3.05) is 0 Å². The highest BCUT2D eigenvalue weighted by molar-refractivity contribution is 5.75. The molecular formula is C13H11FN2O2. The average molecular weight is 246 g/mol. The van der Waals surface area contributed by atoms with E-state index >= 15 is 0 Å². The summed E-state index contributed by atoms with van der Waals surface area (Å²) in [6, 6.07) is 7.70. The van der Waals surface area contributed by atoms with Crippen molar-refractivity contribution in [2.24, 2.45) is 0 Å². The fraction of sp³-hybridized carbons (Fsp3) is 0.154. The molecule has 1 N–H and O–H groups in total. The van der Waals surface area contributed by atoms with Gasteiger partial charge in [-0.2, -0.15) is 0 Å². The van der Waals surface area contributed by atoms with Crippen LogP contribution in [0.5, 0.6) is 0 Å². The van der Waals surface area contributed by atoms with Crippen molar-refractivity contribution < 1.29 is 14.3 Å². The Kier molecular flexibility index (Phi) is 3.62. The lowest BCUT2D eigenvalue weighted by Crippen LogP contribution is -2.17. The molecule has 5 heteroatoms. The van der Waals surface area contributed by atoms with Crippen molar-refractivity contribution in [3.05, 3.63) is 59.9 Å². The molecule has 0 fully saturated rings. The normalized spacial score (nSPS) is 12.1. The second-order valence-corrected chi connectivity index (χ2v) is 3.79. The Morgan fingerprint density at radius 2 is 1.89 bits per heavy atom. The zero-order valence-corrected chi connectivity index (χ0v) is 9.45. The molecule has 1 aromatic carbocycles. The third kappa shape index (κ3) is 2.68. The molecule has 92 valence electrons. The number of rotatable bonds is 4. The van der Waals surface area contributed by atoms with E-state index in [0.29, 0.717) is 5.56 Å². The van der Waals surface area contributed by atoms with Crippen LogP contribution in [0.15, 0.2) is 42.7 Å². The van der Waals surface area contributed by atoms with Crippen LogP contribution in [-0.4, -0.2) is 21.0 Å². The molecule has 1 unspecified atom stereocenters. The highest BCUT2D eigenvalue weighted by Crippen LogP contribution is 2.19. The number of nitrogens with zero attached hydrogens (tertiary/aromatic N) is 2. The van der Waals surface area contributed by atoms with Gasteiger partial charge in [0.2, 0.25) is 0 Å². The molecule has 1 atom stereocenters. The van der Waals surface area contributed by atoms with Crippen LogP contribution in [0.1, 0.15) is 17.3 Å². The van der Waals surface area contributed by atoms with Crippen LogP contribution in [0.3, 0.4) is 0 Å². The summed E-state index contributed by atoms with van der Waals surface area (Å²) in [4.78, 5) is 19.0. The predicted octanol–water partition coefficient (Wildman–Crippen LogP) is 2.03. The molecule has 0 aliphatic heterocycles. The molecule has 2 rings (SSSR count). The molecule has 0 spiro atoms. The third-order valence-corrected chi connectivity index (χ3v) is 2.58. The van der Waals surface area contributed by atoms with E-state index in [1.807, 2.05) is 0 Å². The van der Waals surface area contributed by atoms with Crippen LogP contribution < -0.4 is 0 Å². The number of halogens is 1. The first kappa shape index (κ1) is 12.2. The molecule has 0 saturated heterocycles. The predicted molar refractivity (Wildman–Crippen MR) is 62.5 cm³/mol. The zero-order chi connectivity index (χ0) is 13.0. The fourth-order valence-electron chi connectivity index (χ4n) is 1.66. The number of carboxylic acids is 1. The van der Waals surface area contributed by atoms with E-state index in [-0.39, 0.29) is 12.2 Å². The second-order valence-electron chi connectivity index (χ2n) is 3.79. The van der Waals surface area contributed by atoms with Crippen LogP contribution in [0, 0.1) is 5.82 Å². The van der Waals surface area contributed by atoms with Gasteiger partial charge in [0, 0.05) is 12.4 Å². The first-order valence-electron chi connectivity index (χ1n) is 5.41. The summed E-state index contributed by atoms with van der Waals surface area (Å²) in [5.74, 6) is -2.24. The Labute approximate surface area is 103 Å². The molecule has 4 nitrogen and oxygen atoms in total. The highest BCUT2D eigenvalue weighted by Gasteiger charge is 2.24. The molecule has 0 saturated carbocycles.